The summed E-state index contributed by atoms with van der Waals surface area (Å²) in [5, 5.41) is 52.7. The van der Waals surface area contributed by atoms with Gasteiger partial charge in [-0.3, -0.25) is 9.32 Å². The van der Waals surface area contributed by atoms with Gasteiger partial charge < -0.3 is 57.2 Å². The van der Waals surface area contributed by atoms with Crippen LogP contribution in [0.3, 0.4) is 0 Å². The molecule has 1 fully saturated rings. The molecule has 3 rings (SSSR count). The number of benzene rings is 2. The smallest absolute Gasteiger partial charge is 0.394 e. The minimum atomic E-state index is -4.83. The van der Waals surface area contributed by atoms with Crippen molar-refractivity contribution in [3.63, 3.8) is 0 Å². The average molecular weight is 605 g/mol. The van der Waals surface area contributed by atoms with Crippen molar-refractivity contribution in [3.8, 4) is 0 Å². The van der Waals surface area contributed by atoms with Gasteiger partial charge in [0, 0.05) is 0 Å². The SMILES string of the molecule is NC(CO)(CO)CO.NC(CO)(CO)CO.O=C1NC(c2ccccc2)(c2ccccc2)C(=O)N1COP(=O)(O)O. The zero-order valence-electron chi connectivity index (χ0n) is 22.0. The molecule has 0 atom stereocenters. The molecule has 0 saturated carbocycles. The first-order chi connectivity index (χ1) is 19.2. The van der Waals surface area contributed by atoms with Crippen LogP contribution in [0.25, 0.3) is 0 Å². The Morgan fingerprint density at radius 3 is 1.34 bits per heavy atom. The van der Waals surface area contributed by atoms with Gasteiger partial charge in [-0.2, -0.15) is 0 Å². The molecule has 16 nitrogen and oxygen atoms in total. The second-order valence-electron chi connectivity index (χ2n) is 9.07. The lowest BCUT2D eigenvalue weighted by Crippen LogP contribution is -2.50. The molecule has 1 saturated heterocycles. The van der Waals surface area contributed by atoms with Crippen LogP contribution in [0.15, 0.2) is 60.7 Å². The number of rotatable bonds is 11. The molecular formula is C24H37N4O12P. The molecule has 0 radical (unpaired) electrons. The van der Waals surface area contributed by atoms with E-state index in [9.17, 15) is 14.2 Å². The van der Waals surface area contributed by atoms with Crippen molar-refractivity contribution in [2.75, 3.05) is 46.4 Å². The number of aliphatic hydroxyl groups excluding tert-OH is 6. The first-order valence-electron chi connectivity index (χ1n) is 11.9. The summed E-state index contributed by atoms with van der Waals surface area (Å²) < 4.78 is 15.2. The lowest BCUT2D eigenvalue weighted by atomic mass is 9.83. The summed E-state index contributed by atoms with van der Waals surface area (Å²) in [5.41, 5.74) is 7.44. The number of phosphoric acid groups is 1. The van der Waals surface area contributed by atoms with E-state index in [1.54, 1.807) is 60.7 Å². The van der Waals surface area contributed by atoms with Gasteiger partial charge in [0.2, 0.25) is 0 Å². The average Bonchev–Trinajstić information content (AvgIpc) is 3.26. The van der Waals surface area contributed by atoms with Gasteiger partial charge in [0.25, 0.3) is 5.91 Å². The molecule has 1 heterocycles. The molecule has 1 aliphatic rings. The summed E-state index contributed by atoms with van der Waals surface area (Å²) in [7, 11) is -4.83. The topological polar surface area (TPSA) is 290 Å². The number of aliphatic hydroxyl groups is 6. The van der Waals surface area contributed by atoms with Gasteiger partial charge in [0.15, 0.2) is 5.54 Å². The van der Waals surface area contributed by atoms with Gasteiger partial charge in [-0.15, -0.1) is 0 Å². The molecular weight excluding hydrogens is 567 g/mol. The van der Waals surface area contributed by atoms with E-state index in [-0.39, 0.29) is 0 Å². The molecule has 230 valence electrons. The standard InChI is InChI=1S/C16H15N2O6P.2C4H11NO3/c19-14-16(12-7-3-1-4-8-12,13-9-5-2-6-10-13)17-15(20)18(14)11-24-25(21,22)23;2*5-4(1-6,2-7)3-8/h1-10H,11H2,(H,17,20)(H2,21,22,23);2*6-8H,1-3,5H2. The fourth-order valence-electron chi connectivity index (χ4n) is 3.06. The second-order valence-corrected chi connectivity index (χ2v) is 10.3. The number of carbonyl (C=O) groups is 2. The monoisotopic (exact) mass is 604 g/mol. The second kappa shape index (κ2) is 16.0. The van der Waals surface area contributed by atoms with Crippen molar-refractivity contribution in [2.45, 2.75) is 16.6 Å². The minimum absolute atomic E-state index is 0.403. The zero-order valence-corrected chi connectivity index (χ0v) is 22.9. The lowest BCUT2D eigenvalue weighted by molar-refractivity contribution is -0.132. The summed E-state index contributed by atoms with van der Waals surface area (Å²) >= 11 is 0. The highest BCUT2D eigenvalue weighted by molar-refractivity contribution is 7.46. The first-order valence-corrected chi connectivity index (χ1v) is 13.4. The third kappa shape index (κ3) is 9.89. The van der Waals surface area contributed by atoms with E-state index in [2.05, 4.69) is 9.84 Å². The highest BCUT2D eigenvalue weighted by atomic mass is 31.2. The molecule has 0 spiro atoms. The molecule has 2 aromatic carbocycles. The number of urea groups is 1. The van der Waals surface area contributed by atoms with Crippen LogP contribution in [0, 0.1) is 0 Å². The molecule has 0 bridgehead atoms. The minimum Gasteiger partial charge on any atom is -0.394 e. The zero-order chi connectivity index (χ0) is 31.3. The maximum absolute atomic E-state index is 13.1. The quantitative estimate of drug-likeness (QED) is 0.0893. The van der Waals surface area contributed by atoms with E-state index in [1.165, 1.54) is 0 Å². The fourth-order valence-corrected chi connectivity index (χ4v) is 3.33. The highest BCUT2D eigenvalue weighted by Gasteiger charge is 2.54. The number of carbonyl (C=O) groups excluding carboxylic acids is 2. The highest BCUT2D eigenvalue weighted by Crippen LogP contribution is 2.39. The van der Waals surface area contributed by atoms with Gasteiger partial charge in [-0.1, -0.05) is 60.7 Å². The number of hydrogen-bond acceptors (Lipinski definition) is 12. The molecule has 0 unspecified atom stereocenters. The van der Waals surface area contributed by atoms with Crippen molar-refractivity contribution in [1.29, 1.82) is 0 Å². The van der Waals surface area contributed by atoms with Crippen molar-refractivity contribution >= 4 is 19.8 Å². The Bertz CT molecular complexity index is 1050. The number of hydrogen-bond donors (Lipinski definition) is 11. The molecule has 2 aromatic rings. The number of nitrogens with two attached hydrogens (primary N) is 2. The molecule has 3 amide bonds. The van der Waals surface area contributed by atoms with E-state index in [1.807, 2.05) is 0 Å². The Labute approximate surface area is 235 Å². The Balaban J connectivity index is 0.000000433. The molecule has 1 aliphatic heterocycles. The maximum Gasteiger partial charge on any atom is 0.471 e. The van der Waals surface area contributed by atoms with Gasteiger partial charge >= 0.3 is 13.9 Å². The van der Waals surface area contributed by atoms with Gasteiger partial charge in [-0.25, -0.2) is 14.3 Å². The lowest BCUT2D eigenvalue weighted by Gasteiger charge is -2.27. The molecule has 0 aromatic heterocycles. The fraction of sp³-hybridized carbons (Fsp3) is 0.417. The predicted molar refractivity (Wildman–Crippen MR) is 143 cm³/mol. The molecule has 41 heavy (non-hydrogen) atoms. The van der Waals surface area contributed by atoms with Crippen molar-refractivity contribution in [2.24, 2.45) is 11.5 Å². The third-order valence-electron chi connectivity index (χ3n) is 5.76. The maximum atomic E-state index is 13.1. The van der Waals surface area contributed by atoms with E-state index in [4.69, 9.17) is 51.9 Å². The number of amides is 3. The molecule has 17 heteroatoms. The van der Waals surface area contributed by atoms with Crippen LogP contribution >= 0.6 is 7.82 Å². The molecule has 0 aliphatic carbocycles. The summed E-state index contributed by atoms with van der Waals surface area (Å²) in [5.74, 6) is -0.677. The van der Waals surface area contributed by atoms with E-state index in [0.29, 0.717) is 16.0 Å². The van der Waals surface area contributed by atoms with E-state index < -0.39 is 82.7 Å². The molecule has 13 N–H and O–H groups in total. The predicted octanol–water partition coefficient (Wildman–Crippen LogP) is -3.13. The van der Waals surface area contributed by atoms with Crippen LogP contribution in [0.2, 0.25) is 0 Å². The summed E-state index contributed by atoms with van der Waals surface area (Å²) in [4.78, 5) is 43.7. The van der Waals surface area contributed by atoms with Gasteiger partial charge in [-0.05, 0) is 11.1 Å². The first kappa shape index (κ1) is 36.2. The van der Waals surface area contributed by atoms with Crippen molar-refractivity contribution in [1.82, 2.24) is 10.2 Å². The largest absolute Gasteiger partial charge is 0.471 e. The third-order valence-corrected chi connectivity index (χ3v) is 6.22. The van der Waals surface area contributed by atoms with Crippen LogP contribution in [0.4, 0.5) is 4.79 Å². The number of phosphoric ester groups is 1. The van der Waals surface area contributed by atoms with E-state index >= 15 is 0 Å². The summed E-state index contributed by atoms with van der Waals surface area (Å²) in [6.45, 7) is -3.27. The number of nitrogens with one attached hydrogen (secondary N) is 1. The Morgan fingerprint density at radius 2 is 1.07 bits per heavy atom. The normalized spacial score (nSPS) is 14.9. The Morgan fingerprint density at radius 1 is 0.732 bits per heavy atom. The van der Waals surface area contributed by atoms with Crippen LogP contribution in [0.1, 0.15) is 11.1 Å². The van der Waals surface area contributed by atoms with Crippen molar-refractivity contribution in [3.05, 3.63) is 71.8 Å². The Kier molecular flexibility index (Phi) is 14.1. The van der Waals surface area contributed by atoms with Gasteiger partial charge in [0.05, 0.1) is 50.7 Å². The number of nitrogens with zero attached hydrogens (tertiary/aromatic N) is 1. The van der Waals surface area contributed by atoms with Crippen molar-refractivity contribution < 1.29 is 59.1 Å². The summed E-state index contributed by atoms with van der Waals surface area (Å²) in [6.07, 6.45) is 0. The van der Waals surface area contributed by atoms with Gasteiger partial charge in [0.1, 0.15) is 6.73 Å². The van der Waals surface area contributed by atoms with Crippen LogP contribution in [-0.4, -0.2) is 115 Å². The van der Waals surface area contributed by atoms with Crippen LogP contribution in [-0.2, 0) is 19.4 Å². The van der Waals surface area contributed by atoms with Crippen LogP contribution < -0.4 is 16.8 Å². The Hall–Kier alpha value is -2.83. The summed E-state index contributed by atoms with van der Waals surface area (Å²) in [6, 6.07) is 16.4. The van der Waals surface area contributed by atoms with Crippen LogP contribution in [0.5, 0.6) is 0 Å². The number of imide groups is 1. The van der Waals surface area contributed by atoms with E-state index in [0.717, 1.165) is 0 Å².